The number of rotatable bonds is 9. The van der Waals surface area contributed by atoms with Gasteiger partial charge in [-0.1, -0.05) is 103 Å². The van der Waals surface area contributed by atoms with Gasteiger partial charge in [-0.15, -0.1) is 0 Å². The zero-order valence-corrected chi connectivity index (χ0v) is 18.1. The van der Waals surface area contributed by atoms with Crippen molar-refractivity contribution in [1.29, 1.82) is 0 Å². The van der Waals surface area contributed by atoms with E-state index in [0.717, 1.165) is 16.7 Å². The van der Waals surface area contributed by atoms with Gasteiger partial charge in [-0.2, -0.15) is 0 Å². The van der Waals surface area contributed by atoms with Crippen LogP contribution in [0.5, 0.6) is 0 Å². The average molecular weight is 431 g/mol. The van der Waals surface area contributed by atoms with E-state index in [1.807, 2.05) is 103 Å². The Labute approximate surface area is 190 Å². The fourth-order valence-electron chi connectivity index (χ4n) is 3.85. The number of aliphatic hydroxyl groups excluding tert-OH is 1. The van der Waals surface area contributed by atoms with Gasteiger partial charge in [-0.25, -0.2) is 0 Å². The van der Waals surface area contributed by atoms with E-state index < -0.39 is 18.3 Å². The Morgan fingerprint density at radius 3 is 1.53 bits per heavy atom. The van der Waals surface area contributed by atoms with Gasteiger partial charge in [0.1, 0.15) is 18.3 Å². The molecule has 0 unspecified atom stereocenters. The number of ether oxygens (including phenoxy) is 3. The third kappa shape index (κ3) is 6.38. The smallest absolute Gasteiger partial charge is 0.116 e. The Hall–Kier alpha value is -2.76. The second kappa shape index (κ2) is 11.7. The highest BCUT2D eigenvalue weighted by atomic mass is 16.6. The van der Waals surface area contributed by atoms with E-state index in [4.69, 9.17) is 14.2 Å². The monoisotopic (exact) mass is 430 g/mol. The molecule has 0 heterocycles. The molecule has 3 aromatic rings. The van der Waals surface area contributed by atoms with Crippen molar-refractivity contribution in [3.8, 4) is 0 Å². The molecule has 0 radical (unpaired) electrons. The summed E-state index contributed by atoms with van der Waals surface area (Å²) in [5.41, 5.74) is 3.22. The van der Waals surface area contributed by atoms with Crippen LogP contribution in [0.15, 0.2) is 103 Å². The molecule has 0 amide bonds. The predicted octanol–water partition coefficient (Wildman–Crippen LogP) is 5.06. The maximum absolute atomic E-state index is 10.9. The third-order valence-electron chi connectivity index (χ3n) is 5.59. The summed E-state index contributed by atoms with van der Waals surface area (Å²) in [6.07, 6.45) is 2.47. The molecule has 0 aliphatic heterocycles. The molecular weight excluding hydrogens is 400 g/mol. The minimum absolute atomic E-state index is 0.336. The lowest BCUT2D eigenvalue weighted by Gasteiger charge is -2.33. The zero-order chi connectivity index (χ0) is 22.0. The quantitative estimate of drug-likeness (QED) is 0.482. The van der Waals surface area contributed by atoms with Crippen molar-refractivity contribution in [3.05, 3.63) is 120 Å². The number of hydrogen-bond donors (Lipinski definition) is 1. The topological polar surface area (TPSA) is 47.9 Å². The summed E-state index contributed by atoms with van der Waals surface area (Å²) in [5, 5.41) is 10.9. The number of benzene rings is 3. The number of aliphatic hydroxyl groups is 1. The highest BCUT2D eigenvalue weighted by Crippen LogP contribution is 2.25. The second-order valence-electron chi connectivity index (χ2n) is 8.01. The van der Waals surface area contributed by atoms with Crippen molar-refractivity contribution in [2.24, 2.45) is 0 Å². The molecule has 3 aromatic carbocycles. The molecule has 0 spiro atoms. The van der Waals surface area contributed by atoms with E-state index in [-0.39, 0.29) is 6.10 Å². The predicted molar refractivity (Wildman–Crippen MR) is 125 cm³/mol. The largest absolute Gasteiger partial charge is 0.390 e. The summed E-state index contributed by atoms with van der Waals surface area (Å²) in [7, 11) is 0. The van der Waals surface area contributed by atoms with E-state index in [9.17, 15) is 5.11 Å². The lowest BCUT2D eigenvalue weighted by molar-refractivity contribution is -0.165. The lowest BCUT2D eigenvalue weighted by Crippen LogP contribution is -2.46. The van der Waals surface area contributed by atoms with Crippen LogP contribution < -0.4 is 0 Å². The van der Waals surface area contributed by atoms with Crippen LogP contribution in [0.3, 0.4) is 0 Å². The fraction of sp³-hybridized carbons (Fsp3) is 0.286. The molecule has 1 aliphatic rings. The molecule has 0 saturated carbocycles. The van der Waals surface area contributed by atoms with Crippen molar-refractivity contribution < 1.29 is 19.3 Å². The van der Waals surface area contributed by atoms with Crippen LogP contribution in [0, 0.1) is 0 Å². The Kier molecular flexibility index (Phi) is 8.23. The lowest BCUT2D eigenvalue weighted by atomic mass is 10.0. The molecule has 4 heteroatoms. The molecule has 0 bridgehead atoms. The van der Waals surface area contributed by atoms with Gasteiger partial charge in [0.15, 0.2) is 0 Å². The minimum Gasteiger partial charge on any atom is -0.390 e. The van der Waals surface area contributed by atoms with Crippen LogP contribution in [0.2, 0.25) is 0 Å². The fourth-order valence-corrected chi connectivity index (χ4v) is 3.85. The molecule has 4 rings (SSSR count). The molecular formula is C28H30O4. The first-order chi connectivity index (χ1) is 15.8. The third-order valence-corrected chi connectivity index (χ3v) is 5.59. The van der Waals surface area contributed by atoms with Crippen molar-refractivity contribution in [3.63, 3.8) is 0 Å². The summed E-state index contributed by atoms with van der Waals surface area (Å²) < 4.78 is 18.9. The molecule has 0 fully saturated rings. The molecule has 32 heavy (non-hydrogen) atoms. The normalized spacial score (nSPS) is 23.0. The van der Waals surface area contributed by atoms with Crippen molar-refractivity contribution in [2.45, 2.75) is 50.7 Å². The molecule has 1 aliphatic carbocycles. The molecule has 4 nitrogen and oxygen atoms in total. The van der Waals surface area contributed by atoms with E-state index in [1.54, 1.807) is 0 Å². The van der Waals surface area contributed by atoms with E-state index in [2.05, 4.69) is 0 Å². The first-order valence-electron chi connectivity index (χ1n) is 11.1. The van der Waals surface area contributed by atoms with Gasteiger partial charge in [0, 0.05) is 0 Å². The summed E-state index contributed by atoms with van der Waals surface area (Å²) in [4.78, 5) is 0. The summed E-state index contributed by atoms with van der Waals surface area (Å²) >= 11 is 0. The second-order valence-corrected chi connectivity index (χ2v) is 8.01. The van der Waals surface area contributed by atoms with Gasteiger partial charge in [-0.3, -0.25) is 0 Å². The Balaban J connectivity index is 1.51. The van der Waals surface area contributed by atoms with Crippen LogP contribution in [0.4, 0.5) is 0 Å². The Bertz CT molecular complexity index is 943. The zero-order valence-electron chi connectivity index (χ0n) is 18.1. The van der Waals surface area contributed by atoms with Crippen LogP contribution >= 0.6 is 0 Å². The van der Waals surface area contributed by atoms with E-state index >= 15 is 0 Å². The maximum Gasteiger partial charge on any atom is 0.116 e. The minimum atomic E-state index is -0.680. The highest BCUT2D eigenvalue weighted by molar-refractivity contribution is 5.16. The summed E-state index contributed by atoms with van der Waals surface area (Å²) in [5.74, 6) is 0. The van der Waals surface area contributed by atoms with Gasteiger partial charge in [0.2, 0.25) is 0 Å². The summed E-state index contributed by atoms with van der Waals surface area (Å²) in [6, 6.07) is 30.1. The molecule has 4 atom stereocenters. The van der Waals surface area contributed by atoms with Crippen LogP contribution in [-0.2, 0) is 34.0 Å². The Morgan fingerprint density at radius 2 is 1.03 bits per heavy atom. The molecule has 1 N–H and O–H groups in total. The highest BCUT2D eigenvalue weighted by Gasteiger charge is 2.37. The van der Waals surface area contributed by atoms with Crippen molar-refractivity contribution in [2.75, 3.05) is 0 Å². The van der Waals surface area contributed by atoms with Crippen molar-refractivity contribution in [1.82, 2.24) is 0 Å². The first kappa shape index (κ1) is 22.4. The van der Waals surface area contributed by atoms with Gasteiger partial charge in [-0.05, 0) is 23.1 Å². The molecule has 166 valence electrons. The molecule has 0 saturated heterocycles. The van der Waals surface area contributed by atoms with Gasteiger partial charge >= 0.3 is 0 Å². The Morgan fingerprint density at radius 1 is 0.594 bits per heavy atom. The van der Waals surface area contributed by atoms with Crippen LogP contribution in [-0.4, -0.2) is 29.5 Å². The standard InChI is InChI=1S/C28H30O4/c29-25-17-10-18-26(30-19-22-11-4-1-5-12-22)28(32-21-24-15-8-3-9-16-24)27(25)31-20-23-13-6-2-7-14-23/h1-16,18,25-29H,17,19-21H2/t25-,26-,27-,28-/m0/s1. The maximum atomic E-state index is 10.9. The van der Waals surface area contributed by atoms with Gasteiger partial charge < -0.3 is 19.3 Å². The van der Waals surface area contributed by atoms with Gasteiger partial charge in [0.25, 0.3) is 0 Å². The summed E-state index contributed by atoms with van der Waals surface area (Å²) in [6.45, 7) is 1.28. The SMILES string of the molecule is O[C@H]1CC=C[C@H](OCc2ccccc2)[C@H](OCc2ccccc2)[C@H]1OCc1ccccc1. The van der Waals surface area contributed by atoms with Crippen LogP contribution in [0.1, 0.15) is 23.1 Å². The first-order valence-corrected chi connectivity index (χ1v) is 11.1. The van der Waals surface area contributed by atoms with E-state index in [0.29, 0.717) is 26.2 Å². The van der Waals surface area contributed by atoms with Crippen molar-refractivity contribution >= 4 is 0 Å². The van der Waals surface area contributed by atoms with E-state index in [1.165, 1.54) is 0 Å². The van der Waals surface area contributed by atoms with Crippen LogP contribution in [0.25, 0.3) is 0 Å². The molecule has 0 aromatic heterocycles. The average Bonchev–Trinajstić information content (AvgIpc) is 3.00. The van der Waals surface area contributed by atoms with Gasteiger partial charge in [0.05, 0.1) is 25.9 Å². The number of hydrogen-bond acceptors (Lipinski definition) is 4.